The Kier molecular flexibility index (Phi) is 8.96. The van der Waals surface area contributed by atoms with Gasteiger partial charge < -0.3 is 10.6 Å². The Morgan fingerprint density at radius 1 is 1.00 bits per heavy atom. The topological polar surface area (TPSA) is 29.3 Å². The number of hydrogen-bond acceptors (Lipinski definition) is 2. The molecule has 0 aromatic carbocycles. The second kappa shape index (κ2) is 9.00. The van der Waals surface area contributed by atoms with Gasteiger partial charge in [-0.3, -0.25) is 0 Å². The third kappa shape index (κ3) is 10.4. The Balaban J connectivity index is 3.50. The molecular formula is C14H32N2. The van der Waals surface area contributed by atoms with Crippen molar-refractivity contribution in [1.82, 2.24) is 4.90 Å². The minimum Gasteiger partial charge on any atom is -0.328 e. The first-order valence-electron chi connectivity index (χ1n) is 6.86. The van der Waals surface area contributed by atoms with E-state index < -0.39 is 0 Å². The molecule has 16 heavy (non-hydrogen) atoms. The maximum atomic E-state index is 5.75. The fourth-order valence-electron chi connectivity index (χ4n) is 1.98. The van der Waals surface area contributed by atoms with E-state index in [0.29, 0.717) is 6.04 Å². The predicted molar refractivity (Wildman–Crippen MR) is 73.6 cm³/mol. The summed E-state index contributed by atoms with van der Waals surface area (Å²) in [5.74, 6) is 1.62. The molecule has 2 atom stereocenters. The highest BCUT2D eigenvalue weighted by Crippen LogP contribution is 2.11. The zero-order chi connectivity index (χ0) is 12.6. The second-order valence-electron chi connectivity index (χ2n) is 5.96. The molecule has 0 aromatic rings. The minimum atomic E-state index is 0.367. The van der Waals surface area contributed by atoms with E-state index in [9.17, 15) is 0 Å². The highest BCUT2D eigenvalue weighted by atomic mass is 15.1. The van der Waals surface area contributed by atoms with Crippen LogP contribution in [-0.2, 0) is 0 Å². The largest absolute Gasteiger partial charge is 0.328 e. The summed E-state index contributed by atoms with van der Waals surface area (Å²) >= 11 is 0. The van der Waals surface area contributed by atoms with Crippen LogP contribution in [0.25, 0.3) is 0 Å². The number of rotatable bonds is 9. The van der Waals surface area contributed by atoms with Crippen LogP contribution in [0.5, 0.6) is 0 Å². The van der Waals surface area contributed by atoms with E-state index in [4.69, 9.17) is 5.73 Å². The summed E-state index contributed by atoms with van der Waals surface area (Å²) in [6.45, 7) is 11.5. The maximum Gasteiger partial charge on any atom is 0.00104 e. The molecule has 0 saturated carbocycles. The first-order chi connectivity index (χ1) is 7.41. The molecule has 0 radical (unpaired) electrons. The molecule has 0 aliphatic carbocycles. The maximum absolute atomic E-state index is 5.75. The molecule has 0 bridgehead atoms. The Bertz CT molecular complexity index is 155. The van der Waals surface area contributed by atoms with Crippen LogP contribution in [0.4, 0.5) is 0 Å². The molecule has 2 N–H and O–H groups in total. The molecule has 0 fully saturated rings. The molecule has 2 nitrogen and oxygen atoms in total. The third-order valence-corrected chi connectivity index (χ3v) is 3.07. The Morgan fingerprint density at radius 3 is 2.12 bits per heavy atom. The fourth-order valence-corrected chi connectivity index (χ4v) is 1.98. The third-order valence-electron chi connectivity index (χ3n) is 3.07. The highest BCUT2D eigenvalue weighted by molar-refractivity contribution is 4.62. The lowest BCUT2D eigenvalue weighted by Gasteiger charge is -2.22. The van der Waals surface area contributed by atoms with Crippen molar-refractivity contribution in [3.05, 3.63) is 0 Å². The summed E-state index contributed by atoms with van der Waals surface area (Å²) in [4.78, 5) is 2.47. The van der Waals surface area contributed by atoms with Crippen LogP contribution in [0.3, 0.4) is 0 Å². The van der Waals surface area contributed by atoms with Crippen molar-refractivity contribution in [3.63, 3.8) is 0 Å². The molecule has 0 aromatic heterocycles. The number of nitrogens with zero attached hydrogens (tertiary/aromatic N) is 1. The first kappa shape index (κ1) is 15.9. The van der Waals surface area contributed by atoms with E-state index in [1.165, 1.54) is 38.8 Å². The van der Waals surface area contributed by atoms with E-state index in [-0.39, 0.29) is 0 Å². The van der Waals surface area contributed by atoms with Crippen molar-refractivity contribution >= 4 is 0 Å². The monoisotopic (exact) mass is 228 g/mol. The van der Waals surface area contributed by atoms with Gasteiger partial charge in [-0.15, -0.1) is 0 Å². The van der Waals surface area contributed by atoms with Crippen molar-refractivity contribution < 1.29 is 0 Å². The Labute approximate surface area is 103 Å². The van der Waals surface area contributed by atoms with Crippen molar-refractivity contribution in [2.24, 2.45) is 17.6 Å². The van der Waals surface area contributed by atoms with Gasteiger partial charge in [-0.25, -0.2) is 0 Å². The normalized spacial score (nSPS) is 15.8. The summed E-state index contributed by atoms with van der Waals surface area (Å²) in [7, 11) is 2.24. The smallest absolute Gasteiger partial charge is 0.00104 e. The van der Waals surface area contributed by atoms with E-state index in [1.807, 2.05) is 0 Å². The molecule has 0 heterocycles. The highest BCUT2D eigenvalue weighted by Gasteiger charge is 2.07. The van der Waals surface area contributed by atoms with Gasteiger partial charge in [0.05, 0.1) is 0 Å². The lowest BCUT2D eigenvalue weighted by molar-refractivity contribution is 0.260. The molecule has 0 aliphatic heterocycles. The SMILES string of the molecule is CC(C)CCN(C)CC(C)CCCC(C)N. The minimum absolute atomic E-state index is 0.367. The Morgan fingerprint density at radius 2 is 1.62 bits per heavy atom. The van der Waals surface area contributed by atoms with Gasteiger partial charge in [-0.2, -0.15) is 0 Å². The van der Waals surface area contributed by atoms with Crippen LogP contribution < -0.4 is 5.73 Å². The van der Waals surface area contributed by atoms with Crippen molar-refractivity contribution in [1.29, 1.82) is 0 Å². The molecule has 2 heteroatoms. The lowest BCUT2D eigenvalue weighted by atomic mass is 10.0. The molecule has 0 spiro atoms. The van der Waals surface area contributed by atoms with E-state index >= 15 is 0 Å². The van der Waals surface area contributed by atoms with E-state index in [1.54, 1.807) is 0 Å². The van der Waals surface area contributed by atoms with Gasteiger partial charge >= 0.3 is 0 Å². The quantitative estimate of drug-likeness (QED) is 0.657. The standard InChI is InChI=1S/C14H32N2/c1-12(2)9-10-16(5)11-13(3)7-6-8-14(4)15/h12-14H,6-11,15H2,1-5H3. The molecule has 0 saturated heterocycles. The summed E-state index contributed by atoms with van der Waals surface area (Å²) < 4.78 is 0. The van der Waals surface area contributed by atoms with Gasteiger partial charge in [0.25, 0.3) is 0 Å². The second-order valence-corrected chi connectivity index (χ2v) is 5.96. The van der Waals surface area contributed by atoms with Crippen LogP contribution in [0.2, 0.25) is 0 Å². The van der Waals surface area contributed by atoms with Crippen LogP contribution in [0, 0.1) is 11.8 Å². The zero-order valence-electron chi connectivity index (χ0n) is 12.0. The van der Waals surface area contributed by atoms with Crippen molar-refractivity contribution in [2.45, 2.75) is 59.4 Å². The van der Waals surface area contributed by atoms with Gasteiger partial charge in [0.15, 0.2) is 0 Å². The van der Waals surface area contributed by atoms with Gasteiger partial charge in [0.1, 0.15) is 0 Å². The van der Waals surface area contributed by atoms with Crippen molar-refractivity contribution in [2.75, 3.05) is 20.1 Å². The van der Waals surface area contributed by atoms with Crippen molar-refractivity contribution in [3.8, 4) is 0 Å². The summed E-state index contributed by atoms with van der Waals surface area (Å²) in [5.41, 5.74) is 5.75. The first-order valence-corrected chi connectivity index (χ1v) is 6.86. The fraction of sp³-hybridized carbons (Fsp3) is 1.00. The average Bonchev–Trinajstić information content (AvgIpc) is 2.14. The molecule has 0 rings (SSSR count). The molecule has 0 amide bonds. The van der Waals surface area contributed by atoms with E-state index in [0.717, 1.165) is 11.8 Å². The summed E-state index contributed by atoms with van der Waals surface area (Å²) in [6.07, 6.45) is 5.06. The number of nitrogens with two attached hydrogens (primary N) is 1. The summed E-state index contributed by atoms with van der Waals surface area (Å²) in [5, 5.41) is 0. The lowest BCUT2D eigenvalue weighted by Crippen LogP contribution is -2.26. The molecular weight excluding hydrogens is 196 g/mol. The predicted octanol–water partition coefficient (Wildman–Crippen LogP) is 3.12. The van der Waals surface area contributed by atoms with Gasteiger partial charge in [-0.05, 0) is 51.6 Å². The molecule has 98 valence electrons. The van der Waals surface area contributed by atoms with Gasteiger partial charge in [0.2, 0.25) is 0 Å². The van der Waals surface area contributed by atoms with Crippen LogP contribution in [0.15, 0.2) is 0 Å². The van der Waals surface area contributed by atoms with Gasteiger partial charge in [-0.1, -0.05) is 27.2 Å². The van der Waals surface area contributed by atoms with Crippen LogP contribution >= 0.6 is 0 Å². The average molecular weight is 228 g/mol. The Hall–Kier alpha value is -0.0800. The van der Waals surface area contributed by atoms with Crippen LogP contribution in [-0.4, -0.2) is 31.1 Å². The molecule has 2 unspecified atom stereocenters. The van der Waals surface area contributed by atoms with Crippen LogP contribution in [0.1, 0.15) is 53.4 Å². The molecule has 0 aliphatic rings. The van der Waals surface area contributed by atoms with E-state index in [2.05, 4.69) is 39.6 Å². The zero-order valence-corrected chi connectivity index (χ0v) is 12.0. The number of hydrogen-bond donors (Lipinski definition) is 1. The summed E-state index contributed by atoms with van der Waals surface area (Å²) in [6, 6.07) is 0.367. The van der Waals surface area contributed by atoms with Gasteiger partial charge in [0, 0.05) is 12.6 Å².